The summed E-state index contributed by atoms with van der Waals surface area (Å²) < 4.78 is 10.7. The van der Waals surface area contributed by atoms with E-state index >= 15 is 0 Å². The van der Waals surface area contributed by atoms with Crippen LogP contribution in [-0.4, -0.2) is 28.4 Å². The molecule has 0 radical (unpaired) electrons. The second-order valence-corrected chi connectivity index (χ2v) is 8.83. The van der Waals surface area contributed by atoms with Crippen molar-refractivity contribution >= 4 is 6.09 Å². The molecule has 1 aromatic rings. The molecule has 6 heteroatoms. The summed E-state index contributed by atoms with van der Waals surface area (Å²) in [5, 5.41) is 6.80. The summed E-state index contributed by atoms with van der Waals surface area (Å²) >= 11 is 0. The van der Waals surface area contributed by atoms with E-state index in [4.69, 9.17) is 9.26 Å². The van der Waals surface area contributed by atoms with Gasteiger partial charge < -0.3 is 14.6 Å². The second-order valence-electron chi connectivity index (χ2n) is 8.83. The van der Waals surface area contributed by atoms with Crippen LogP contribution in [0, 0.1) is 18.8 Å². The van der Waals surface area contributed by atoms with E-state index in [1.54, 1.807) is 0 Å². The zero-order chi connectivity index (χ0) is 19.3. The first-order chi connectivity index (χ1) is 11.4. The number of nitrogens with one attached hydrogen (secondary N) is 1. The van der Waals surface area contributed by atoms with E-state index in [9.17, 15) is 4.79 Å². The van der Waals surface area contributed by atoms with Crippen LogP contribution >= 0.6 is 0 Å². The molecule has 2 unspecified atom stereocenters. The van der Waals surface area contributed by atoms with Crippen LogP contribution in [0.4, 0.5) is 4.79 Å². The van der Waals surface area contributed by atoms with E-state index in [0.29, 0.717) is 30.1 Å². The number of ether oxygens (including phenoxy) is 1. The van der Waals surface area contributed by atoms with Crippen LogP contribution in [0.3, 0.4) is 0 Å². The van der Waals surface area contributed by atoms with Crippen molar-refractivity contribution < 1.29 is 14.1 Å². The van der Waals surface area contributed by atoms with Crippen molar-refractivity contribution in [2.24, 2.45) is 11.8 Å². The first kappa shape index (κ1) is 21.5. The van der Waals surface area contributed by atoms with Gasteiger partial charge in [0, 0.05) is 12.0 Å². The highest BCUT2D eigenvalue weighted by Gasteiger charge is 2.33. The summed E-state index contributed by atoms with van der Waals surface area (Å²) in [4.78, 5) is 16.2. The quantitative estimate of drug-likeness (QED) is 0.737. The van der Waals surface area contributed by atoms with Crippen LogP contribution in [-0.2, 0) is 10.2 Å². The summed E-state index contributed by atoms with van der Waals surface area (Å²) in [5.41, 5.74) is -0.616. The molecule has 0 spiro atoms. The molecule has 0 saturated carbocycles. The molecule has 0 aliphatic carbocycles. The SMILES string of the molecule is Cc1noc(C(C)(CCC(C)CNC(=O)OC(C)(C)C)CC(C)C)n1. The van der Waals surface area contributed by atoms with Gasteiger partial charge in [0.05, 0.1) is 0 Å². The fourth-order valence-corrected chi connectivity index (χ4v) is 2.98. The van der Waals surface area contributed by atoms with Gasteiger partial charge in [-0.15, -0.1) is 0 Å². The average molecular weight is 354 g/mol. The average Bonchev–Trinajstić information content (AvgIpc) is 2.88. The van der Waals surface area contributed by atoms with Gasteiger partial charge in [0.15, 0.2) is 5.82 Å². The largest absolute Gasteiger partial charge is 0.444 e. The minimum Gasteiger partial charge on any atom is -0.444 e. The molecule has 2 atom stereocenters. The van der Waals surface area contributed by atoms with Gasteiger partial charge in [0.2, 0.25) is 5.89 Å². The molecule has 0 aliphatic rings. The predicted octanol–water partition coefficient (Wildman–Crippen LogP) is 4.62. The topological polar surface area (TPSA) is 77.2 Å². The Morgan fingerprint density at radius 1 is 1.24 bits per heavy atom. The summed E-state index contributed by atoms with van der Waals surface area (Å²) in [6.45, 7) is 16.7. The lowest BCUT2D eigenvalue weighted by Crippen LogP contribution is -2.35. The van der Waals surface area contributed by atoms with Gasteiger partial charge in [-0.05, 0) is 58.8 Å². The minimum atomic E-state index is -0.473. The normalized spacial score (nSPS) is 15.7. The van der Waals surface area contributed by atoms with E-state index < -0.39 is 5.60 Å². The summed E-state index contributed by atoms with van der Waals surface area (Å²) in [6.07, 6.45) is 2.52. The van der Waals surface area contributed by atoms with E-state index in [1.807, 2.05) is 27.7 Å². The maximum Gasteiger partial charge on any atom is 0.407 e. The number of carbonyl (C=O) groups is 1. The van der Waals surface area contributed by atoms with Crippen LogP contribution in [0.25, 0.3) is 0 Å². The van der Waals surface area contributed by atoms with Crippen molar-refractivity contribution in [1.82, 2.24) is 15.5 Å². The van der Waals surface area contributed by atoms with Crippen molar-refractivity contribution in [3.05, 3.63) is 11.7 Å². The fourth-order valence-electron chi connectivity index (χ4n) is 2.98. The predicted molar refractivity (Wildman–Crippen MR) is 98.5 cm³/mol. The Balaban J connectivity index is 2.57. The lowest BCUT2D eigenvalue weighted by Gasteiger charge is -2.29. The molecule has 1 heterocycles. The Labute approximate surface area is 152 Å². The van der Waals surface area contributed by atoms with E-state index in [2.05, 4.69) is 43.2 Å². The Hall–Kier alpha value is -1.59. The number of rotatable bonds is 8. The monoisotopic (exact) mass is 353 g/mol. The molecule has 1 aromatic heterocycles. The Morgan fingerprint density at radius 2 is 1.88 bits per heavy atom. The van der Waals surface area contributed by atoms with Gasteiger partial charge in [-0.2, -0.15) is 4.98 Å². The number of hydrogen-bond acceptors (Lipinski definition) is 5. The number of aromatic nitrogens is 2. The van der Waals surface area contributed by atoms with Crippen molar-refractivity contribution in [2.75, 3.05) is 6.54 Å². The number of alkyl carbamates (subject to hydrolysis) is 1. The molecule has 1 N–H and O–H groups in total. The number of carbonyl (C=O) groups excluding carboxylic acids is 1. The fraction of sp³-hybridized carbons (Fsp3) is 0.842. The molecular formula is C19H35N3O3. The Bertz CT molecular complexity index is 548. The molecule has 1 rings (SSSR count). The van der Waals surface area contributed by atoms with Crippen molar-refractivity contribution in [2.45, 2.75) is 85.7 Å². The molecule has 0 aliphatic heterocycles. The number of nitrogens with zero attached hydrogens (tertiary/aromatic N) is 2. The van der Waals surface area contributed by atoms with E-state index in [0.717, 1.165) is 19.3 Å². The molecule has 25 heavy (non-hydrogen) atoms. The first-order valence-electron chi connectivity index (χ1n) is 9.19. The van der Waals surface area contributed by atoms with E-state index in [-0.39, 0.29) is 11.5 Å². The van der Waals surface area contributed by atoms with Gasteiger partial charge in [-0.1, -0.05) is 32.9 Å². The molecule has 0 bridgehead atoms. The summed E-state index contributed by atoms with van der Waals surface area (Å²) in [7, 11) is 0. The van der Waals surface area contributed by atoms with Crippen molar-refractivity contribution in [3.8, 4) is 0 Å². The lowest BCUT2D eigenvalue weighted by atomic mass is 9.76. The van der Waals surface area contributed by atoms with Crippen LogP contribution in [0.5, 0.6) is 0 Å². The highest BCUT2D eigenvalue weighted by Crippen LogP contribution is 2.35. The third-order valence-electron chi connectivity index (χ3n) is 4.09. The summed E-state index contributed by atoms with van der Waals surface area (Å²) in [5.74, 6) is 2.26. The van der Waals surface area contributed by atoms with Gasteiger partial charge >= 0.3 is 6.09 Å². The third-order valence-corrected chi connectivity index (χ3v) is 4.09. The smallest absolute Gasteiger partial charge is 0.407 e. The van der Waals surface area contributed by atoms with Gasteiger partial charge in [0.25, 0.3) is 0 Å². The molecule has 0 aromatic carbocycles. The molecule has 6 nitrogen and oxygen atoms in total. The Kier molecular flexibility index (Phi) is 7.44. The second kappa shape index (κ2) is 8.68. The van der Waals surface area contributed by atoms with Crippen LogP contribution in [0.1, 0.15) is 79.4 Å². The van der Waals surface area contributed by atoms with Crippen LogP contribution in [0.15, 0.2) is 4.52 Å². The standard InChI is InChI=1S/C19H35N3O3/c1-13(2)11-19(8,16-21-15(4)22-25-16)10-9-14(3)12-20-17(23)24-18(5,6)7/h13-14H,9-12H2,1-8H3,(H,20,23). The van der Waals surface area contributed by atoms with Gasteiger partial charge in [-0.3, -0.25) is 0 Å². The Morgan fingerprint density at radius 3 is 2.36 bits per heavy atom. The molecule has 1 amide bonds. The molecule has 144 valence electrons. The highest BCUT2D eigenvalue weighted by molar-refractivity contribution is 5.67. The van der Waals surface area contributed by atoms with Crippen LogP contribution < -0.4 is 5.32 Å². The van der Waals surface area contributed by atoms with Crippen LogP contribution in [0.2, 0.25) is 0 Å². The minimum absolute atomic E-state index is 0.143. The third kappa shape index (κ3) is 7.88. The molecule has 0 fully saturated rings. The summed E-state index contributed by atoms with van der Waals surface area (Å²) in [6, 6.07) is 0. The number of aryl methyl sites for hydroxylation is 1. The lowest BCUT2D eigenvalue weighted by molar-refractivity contribution is 0.0519. The van der Waals surface area contributed by atoms with Gasteiger partial charge in [-0.25, -0.2) is 4.79 Å². The molecular weight excluding hydrogens is 318 g/mol. The highest BCUT2D eigenvalue weighted by atomic mass is 16.6. The van der Waals surface area contributed by atoms with Crippen molar-refractivity contribution in [1.29, 1.82) is 0 Å². The van der Waals surface area contributed by atoms with Gasteiger partial charge in [0.1, 0.15) is 5.60 Å². The number of amides is 1. The first-order valence-corrected chi connectivity index (χ1v) is 9.19. The maximum absolute atomic E-state index is 11.8. The zero-order valence-electron chi connectivity index (χ0n) is 17.1. The number of hydrogen-bond donors (Lipinski definition) is 1. The maximum atomic E-state index is 11.8. The van der Waals surface area contributed by atoms with Crippen molar-refractivity contribution in [3.63, 3.8) is 0 Å². The molecule has 0 saturated heterocycles. The zero-order valence-corrected chi connectivity index (χ0v) is 17.1. The van der Waals surface area contributed by atoms with E-state index in [1.165, 1.54) is 0 Å².